The van der Waals surface area contributed by atoms with Crippen LogP contribution in [0.3, 0.4) is 0 Å². The summed E-state index contributed by atoms with van der Waals surface area (Å²) in [6, 6.07) is 15.5. The van der Waals surface area contributed by atoms with Gasteiger partial charge in [0.05, 0.1) is 10.6 Å². The van der Waals surface area contributed by atoms with Crippen LogP contribution in [0.25, 0.3) is 11.1 Å². The molecule has 3 unspecified atom stereocenters. The molecule has 0 spiro atoms. The fourth-order valence-electron chi connectivity index (χ4n) is 4.66. The Morgan fingerprint density at radius 2 is 1.67 bits per heavy atom. The number of anilines is 2. The summed E-state index contributed by atoms with van der Waals surface area (Å²) in [5.41, 5.74) is 5.66. The van der Waals surface area contributed by atoms with E-state index >= 15 is 0 Å². The van der Waals surface area contributed by atoms with Crippen LogP contribution in [0.15, 0.2) is 79.1 Å². The van der Waals surface area contributed by atoms with E-state index in [-0.39, 0.29) is 17.5 Å². The molecular weight excluding hydrogens is 504 g/mol. The lowest BCUT2D eigenvalue weighted by atomic mass is 10.0. The molecule has 1 fully saturated rings. The molecule has 2 N–H and O–H groups in total. The Bertz CT molecular complexity index is 1350. The van der Waals surface area contributed by atoms with E-state index in [4.69, 9.17) is 23.2 Å². The zero-order valence-corrected chi connectivity index (χ0v) is 21.7. The fourth-order valence-corrected chi connectivity index (χ4v) is 5.32. The van der Waals surface area contributed by atoms with Gasteiger partial charge in [0.15, 0.2) is 0 Å². The summed E-state index contributed by atoms with van der Waals surface area (Å²) >= 11 is 13.4. The monoisotopic (exact) mass is 530 g/mol. The second-order valence-electron chi connectivity index (χ2n) is 9.44. The number of halogens is 5. The van der Waals surface area contributed by atoms with Crippen LogP contribution in [0, 0.1) is 25.6 Å². The van der Waals surface area contributed by atoms with Crippen molar-refractivity contribution in [1.82, 2.24) is 0 Å². The average molecular weight is 531 g/mol. The second-order valence-corrected chi connectivity index (χ2v) is 10.7. The minimum Gasteiger partial charge on any atom is -0.359 e. The number of benzene rings is 3. The van der Waals surface area contributed by atoms with Crippen molar-refractivity contribution in [2.24, 2.45) is 5.92 Å². The maximum absolute atomic E-state index is 13.9. The van der Waals surface area contributed by atoms with Gasteiger partial charge in [0.2, 0.25) is 0 Å². The van der Waals surface area contributed by atoms with Crippen molar-refractivity contribution >= 4 is 34.6 Å². The molecule has 0 aromatic heterocycles. The topological polar surface area (TPSA) is 24.1 Å². The SMILES string of the molecule is C=C(Nc1cc(F)ccc1-c1cc(NC(=C)C2C(c3ccc(C)c(C)c3)C2(C)Cl)ccc1Cl)C(F)F. The number of hydrogen-bond donors (Lipinski definition) is 2. The van der Waals surface area contributed by atoms with Gasteiger partial charge in [-0.25, -0.2) is 13.2 Å². The van der Waals surface area contributed by atoms with Gasteiger partial charge in [0, 0.05) is 45.1 Å². The molecule has 0 aliphatic heterocycles. The van der Waals surface area contributed by atoms with E-state index < -0.39 is 22.8 Å². The lowest BCUT2D eigenvalue weighted by Crippen LogP contribution is -2.08. The van der Waals surface area contributed by atoms with Gasteiger partial charge in [0.25, 0.3) is 6.43 Å². The van der Waals surface area contributed by atoms with Crippen molar-refractivity contribution in [3.8, 4) is 11.1 Å². The van der Waals surface area contributed by atoms with E-state index in [0.29, 0.717) is 21.8 Å². The number of rotatable bonds is 8. The molecule has 0 bridgehead atoms. The van der Waals surface area contributed by atoms with Crippen molar-refractivity contribution in [2.75, 3.05) is 10.6 Å². The molecule has 1 aliphatic rings. The van der Waals surface area contributed by atoms with E-state index in [0.717, 1.165) is 11.8 Å². The highest BCUT2D eigenvalue weighted by molar-refractivity contribution is 6.33. The standard InChI is InChI=1S/C29H27Cl2F3N2/c1-15-6-7-19(12-16(15)2)27-26(29(27,5)31)17(3)35-21-9-11-24(30)23(14-21)22-10-8-20(32)13-25(22)36-18(4)28(33)34/h6-14,26-28,35-36H,3-4H2,1-2,5H3. The van der Waals surface area contributed by atoms with Crippen LogP contribution < -0.4 is 10.6 Å². The fraction of sp³-hybridized carbons (Fsp3) is 0.241. The summed E-state index contributed by atoms with van der Waals surface area (Å²) in [5.74, 6) is -0.467. The van der Waals surface area contributed by atoms with Crippen LogP contribution >= 0.6 is 23.2 Å². The van der Waals surface area contributed by atoms with Crippen LogP contribution in [-0.2, 0) is 0 Å². The third-order valence-corrected chi connectivity index (χ3v) is 7.61. The first-order valence-electron chi connectivity index (χ1n) is 11.5. The summed E-state index contributed by atoms with van der Waals surface area (Å²) < 4.78 is 40.1. The van der Waals surface area contributed by atoms with Gasteiger partial charge >= 0.3 is 0 Å². The summed E-state index contributed by atoms with van der Waals surface area (Å²) in [6.45, 7) is 13.7. The molecule has 0 radical (unpaired) electrons. The predicted molar refractivity (Wildman–Crippen MR) is 145 cm³/mol. The van der Waals surface area contributed by atoms with Gasteiger partial charge in [-0.1, -0.05) is 43.0 Å². The van der Waals surface area contributed by atoms with Crippen molar-refractivity contribution in [3.63, 3.8) is 0 Å². The maximum Gasteiger partial charge on any atom is 0.277 e. The van der Waals surface area contributed by atoms with Gasteiger partial charge in [-0.3, -0.25) is 0 Å². The molecule has 36 heavy (non-hydrogen) atoms. The largest absolute Gasteiger partial charge is 0.359 e. The molecule has 188 valence electrons. The molecule has 2 nitrogen and oxygen atoms in total. The average Bonchev–Trinajstić information content (AvgIpc) is 3.39. The molecular formula is C29H27Cl2F3N2. The van der Waals surface area contributed by atoms with Crippen LogP contribution in [0.1, 0.15) is 29.5 Å². The molecule has 0 heterocycles. The number of aryl methyl sites for hydroxylation is 2. The van der Waals surface area contributed by atoms with E-state index in [1.165, 1.54) is 28.8 Å². The lowest BCUT2D eigenvalue weighted by Gasteiger charge is -2.17. The first kappa shape index (κ1) is 26.2. The summed E-state index contributed by atoms with van der Waals surface area (Å²) in [4.78, 5) is -0.481. The van der Waals surface area contributed by atoms with Crippen LogP contribution in [0.2, 0.25) is 5.02 Å². The Hall–Kier alpha value is -2.89. The highest BCUT2D eigenvalue weighted by Gasteiger charge is 2.62. The van der Waals surface area contributed by atoms with Crippen LogP contribution in [-0.4, -0.2) is 11.3 Å². The van der Waals surface area contributed by atoms with Gasteiger partial charge < -0.3 is 10.6 Å². The minimum absolute atomic E-state index is 0.00202. The molecule has 0 amide bonds. The normalized spacial score (nSPS) is 20.8. The molecule has 4 rings (SSSR count). The first-order chi connectivity index (χ1) is 16.9. The van der Waals surface area contributed by atoms with Crippen LogP contribution in [0.4, 0.5) is 24.5 Å². The van der Waals surface area contributed by atoms with E-state index in [1.54, 1.807) is 18.2 Å². The molecule has 3 aromatic rings. The highest BCUT2D eigenvalue weighted by atomic mass is 35.5. The predicted octanol–water partition coefficient (Wildman–Crippen LogP) is 9.29. The molecule has 7 heteroatoms. The van der Waals surface area contributed by atoms with Gasteiger partial charge in [-0.15, -0.1) is 11.6 Å². The Morgan fingerprint density at radius 3 is 2.33 bits per heavy atom. The van der Waals surface area contributed by atoms with Crippen molar-refractivity contribution in [2.45, 2.75) is 38.0 Å². The number of allylic oxidation sites excluding steroid dienone is 2. The Kier molecular flexibility index (Phi) is 7.18. The van der Waals surface area contributed by atoms with Crippen molar-refractivity contribution in [1.29, 1.82) is 0 Å². The highest BCUT2D eigenvalue weighted by Crippen LogP contribution is 2.64. The summed E-state index contributed by atoms with van der Waals surface area (Å²) in [7, 11) is 0. The Morgan fingerprint density at radius 1 is 0.944 bits per heavy atom. The molecule has 3 atom stereocenters. The van der Waals surface area contributed by atoms with Gasteiger partial charge in [0.1, 0.15) is 5.82 Å². The van der Waals surface area contributed by atoms with E-state index in [2.05, 4.69) is 55.8 Å². The van der Waals surface area contributed by atoms with Gasteiger partial charge in [-0.05, 0) is 73.9 Å². The molecule has 1 saturated carbocycles. The molecule has 1 aliphatic carbocycles. The van der Waals surface area contributed by atoms with E-state index in [9.17, 15) is 13.2 Å². The maximum atomic E-state index is 13.9. The smallest absolute Gasteiger partial charge is 0.277 e. The zero-order chi connectivity index (χ0) is 26.4. The zero-order valence-electron chi connectivity index (χ0n) is 20.2. The van der Waals surface area contributed by atoms with Crippen molar-refractivity contribution < 1.29 is 13.2 Å². The summed E-state index contributed by atoms with van der Waals surface area (Å²) in [5, 5.41) is 6.23. The minimum atomic E-state index is -2.80. The lowest BCUT2D eigenvalue weighted by molar-refractivity contribution is 0.192. The quantitative estimate of drug-likeness (QED) is 0.283. The third kappa shape index (κ3) is 5.14. The number of nitrogens with one attached hydrogen (secondary N) is 2. The molecule has 0 saturated heterocycles. The number of alkyl halides is 3. The Balaban J connectivity index is 1.60. The first-order valence-corrected chi connectivity index (χ1v) is 12.2. The molecule has 3 aromatic carbocycles. The summed E-state index contributed by atoms with van der Waals surface area (Å²) in [6.07, 6.45) is -2.80. The van der Waals surface area contributed by atoms with Crippen LogP contribution in [0.5, 0.6) is 0 Å². The second kappa shape index (κ2) is 9.87. The van der Waals surface area contributed by atoms with Crippen molar-refractivity contribution in [3.05, 3.63) is 107 Å². The van der Waals surface area contributed by atoms with Gasteiger partial charge in [-0.2, -0.15) is 0 Å². The van der Waals surface area contributed by atoms with E-state index in [1.807, 2.05) is 6.92 Å². The number of hydrogen-bond acceptors (Lipinski definition) is 2. The Labute approximate surface area is 219 Å². The third-order valence-electron chi connectivity index (χ3n) is 6.81.